The summed E-state index contributed by atoms with van der Waals surface area (Å²) < 4.78 is 0. The van der Waals surface area contributed by atoms with Crippen molar-refractivity contribution in [3.63, 3.8) is 0 Å². The lowest BCUT2D eigenvalue weighted by Gasteiger charge is -2.35. The number of piperazine rings is 1. The lowest BCUT2D eigenvalue weighted by atomic mass is 10.2. The average Bonchev–Trinajstić information content (AvgIpc) is 2.55. The Morgan fingerprint density at radius 1 is 0.955 bits per heavy atom. The Hall–Kier alpha value is -0.980. The van der Waals surface area contributed by atoms with E-state index in [-0.39, 0.29) is 0 Å². The molecule has 5 nitrogen and oxygen atoms in total. The van der Waals surface area contributed by atoms with Crippen LogP contribution < -0.4 is 16.1 Å². The summed E-state index contributed by atoms with van der Waals surface area (Å²) in [7, 11) is 0. The van der Waals surface area contributed by atoms with Crippen LogP contribution >= 0.6 is 0 Å². The van der Waals surface area contributed by atoms with Gasteiger partial charge in [0.2, 0.25) is 0 Å². The topological polar surface area (TPSA) is 42.6 Å². The molecule has 1 aromatic carbocycles. The summed E-state index contributed by atoms with van der Waals surface area (Å²) >= 11 is 0. The van der Waals surface area contributed by atoms with E-state index in [1.807, 2.05) is 0 Å². The van der Waals surface area contributed by atoms with E-state index < -0.39 is 0 Å². The summed E-state index contributed by atoms with van der Waals surface area (Å²) in [5.41, 5.74) is 4.96. The fourth-order valence-corrected chi connectivity index (χ4v) is 2.84. The highest BCUT2D eigenvalue weighted by Gasteiger charge is 2.17. The number of hydrazine groups is 1. The summed E-state index contributed by atoms with van der Waals surface area (Å²) in [6, 6.07) is 10.7. The van der Waals surface area contributed by atoms with Gasteiger partial charge in [-0.3, -0.25) is 10.3 Å². The number of benzene rings is 1. The molecule has 3 N–H and O–H groups in total. The fourth-order valence-electron chi connectivity index (χ4n) is 2.84. The average molecular weight is 305 g/mol. The van der Waals surface area contributed by atoms with Crippen LogP contribution in [0.2, 0.25) is 0 Å². The summed E-state index contributed by atoms with van der Waals surface area (Å²) in [4.78, 5) is 2.53. The van der Waals surface area contributed by atoms with Crippen molar-refractivity contribution < 1.29 is 0 Å². The number of likely N-dealkylation sites (N-methyl/N-ethyl adjacent to an activating group) is 2. The molecule has 0 aromatic heterocycles. The second-order valence-electron chi connectivity index (χ2n) is 5.78. The molecule has 1 saturated heterocycles. The Balaban J connectivity index is 1.66. The SMILES string of the molecule is CCNC(CNN1CCN(Cc2ccccc2)CC1)NCC. The zero-order chi connectivity index (χ0) is 15.6. The van der Waals surface area contributed by atoms with Crippen molar-refractivity contribution in [1.29, 1.82) is 0 Å². The molecule has 0 amide bonds. The van der Waals surface area contributed by atoms with Crippen LogP contribution in [0, 0.1) is 0 Å². The molecule has 0 bridgehead atoms. The predicted molar refractivity (Wildman–Crippen MR) is 92.4 cm³/mol. The monoisotopic (exact) mass is 305 g/mol. The Bertz CT molecular complexity index is 383. The van der Waals surface area contributed by atoms with Crippen molar-refractivity contribution in [2.24, 2.45) is 0 Å². The van der Waals surface area contributed by atoms with Crippen molar-refractivity contribution in [2.45, 2.75) is 26.6 Å². The highest BCUT2D eigenvalue weighted by molar-refractivity contribution is 5.14. The zero-order valence-electron chi connectivity index (χ0n) is 14.0. The lowest BCUT2D eigenvalue weighted by Crippen LogP contribution is -2.57. The first-order valence-corrected chi connectivity index (χ1v) is 8.53. The van der Waals surface area contributed by atoms with Gasteiger partial charge in [0.1, 0.15) is 0 Å². The van der Waals surface area contributed by atoms with Crippen LogP contribution in [0.3, 0.4) is 0 Å². The van der Waals surface area contributed by atoms with Gasteiger partial charge < -0.3 is 10.6 Å². The van der Waals surface area contributed by atoms with Gasteiger partial charge in [-0.1, -0.05) is 44.2 Å². The first-order valence-electron chi connectivity index (χ1n) is 8.53. The molecule has 1 fully saturated rings. The van der Waals surface area contributed by atoms with Gasteiger partial charge in [-0.05, 0) is 18.7 Å². The number of hydrogen-bond donors (Lipinski definition) is 3. The molecule has 0 aliphatic carbocycles. The minimum absolute atomic E-state index is 0.345. The first-order chi connectivity index (χ1) is 10.8. The summed E-state index contributed by atoms with van der Waals surface area (Å²) in [6.45, 7) is 12.7. The Morgan fingerprint density at radius 3 is 2.18 bits per heavy atom. The largest absolute Gasteiger partial charge is 0.301 e. The van der Waals surface area contributed by atoms with Crippen LogP contribution in [0.5, 0.6) is 0 Å². The second kappa shape index (κ2) is 9.92. The van der Waals surface area contributed by atoms with Gasteiger partial charge in [0.05, 0.1) is 6.17 Å². The minimum atomic E-state index is 0.345. The summed E-state index contributed by atoms with van der Waals surface area (Å²) in [5, 5.41) is 9.26. The molecule has 0 atom stereocenters. The van der Waals surface area contributed by atoms with Crippen LogP contribution in [0.15, 0.2) is 30.3 Å². The van der Waals surface area contributed by atoms with E-state index in [0.717, 1.165) is 52.4 Å². The van der Waals surface area contributed by atoms with Crippen LogP contribution in [-0.4, -0.2) is 61.9 Å². The maximum atomic E-state index is 3.56. The molecule has 1 aliphatic rings. The Kier molecular flexibility index (Phi) is 7.83. The van der Waals surface area contributed by atoms with Crippen LogP contribution in [-0.2, 0) is 6.54 Å². The summed E-state index contributed by atoms with van der Waals surface area (Å²) in [5.74, 6) is 0. The molecule has 1 aliphatic heterocycles. The maximum Gasteiger partial charge on any atom is 0.0714 e. The van der Waals surface area contributed by atoms with Crippen LogP contribution in [0.4, 0.5) is 0 Å². The van der Waals surface area contributed by atoms with Crippen molar-refractivity contribution in [3.05, 3.63) is 35.9 Å². The van der Waals surface area contributed by atoms with Gasteiger partial charge in [0.15, 0.2) is 0 Å². The summed E-state index contributed by atoms with van der Waals surface area (Å²) in [6.07, 6.45) is 0.345. The molecule has 0 saturated carbocycles. The van der Waals surface area contributed by atoms with Gasteiger partial charge in [-0.15, -0.1) is 0 Å². The highest BCUT2D eigenvalue weighted by atomic mass is 15.5. The van der Waals surface area contributed by atoms with Crippen molar-refractivity contribution in [2.75, 3.05) is 45.8 Å². The van der Waals surface area contributed by atoms with Gasteiger partial charge in [-0.2, -0.15) is 0 Å². The molecule has 22 heavy (non-hydrogen) atoms. The normalized spacial score (nSPS) is 17.2. The Morgan fingerprint density at radius 2 is 1.59 bits per heavy atom. The molecule has 2 rings (SSSR count). The van der Waals surface area contributed by atoms with E-state index >= 15 is 0 Å². The van der Waals surface area contributed by atoms with Gasteiger partial charge in [0.25, 0.3) is 0 Å². The molecule has 124 valence electrons. The lowest BCUT2D eigenvalue weighted by molar-refractivity contribution is 0.0808. The highest BCUT2D eigenvalue weighted by Crippen LogP contribution is 2.07. The van der Waals surface area contributed by atoms with Gasteiger partial charge >= 0.3 is 0 Å². The molecular weight excluding hydrogens is 274 g/mol. The fraction of sp³-hybridized carbons (Fsp3) is 0.647. The Labute approximate surface area is 135 Å². The molecule has 0 radical (unpaired) electrons. The first kappa shape index (κ1) is 17.4. The number of hydrogen-bond acceptors (Lipinski definition) is 5. The quantitative estimate of drug-likeness (QED) is 0.591. The predicted octanol–water partition coefficient (Wildman–Crippen LogP) is 0.854. The molecule has 5 heteroatoms. The molecular formula is C17H31N5. The smallest absolute Gasteiger partial charge is 0.0714 e. The van der Waals surface area contributed by atoms with Crippen LogP contribution in [0.1, 0.15) is 19.4 Å². The third-order valence-electron chi connectivity index (χ3n) is 4.04. The van der Waals surface area contributed by atoms with Crippen LogP contribution in [0.25, 0.3) is 0 Å². The van der Waals surface area contributed by atoms with E-state index in [1.54, 1.807) is 0 Å². The molecule has 1 heterocycles. The zero-order valence-corrected chi connectivity index (χ0v) is 14.0. The molecule has 0 unspecified atom stereocenters. The number of nitrogens with one attached hydrogen (secondary N) is 3. The van der Waals surface area contributed by atoms with E-state index in [2.05, 4.69) is 70.1 Å². The third kappa shape index (κ3) is 6.02. The van der Waals surface area contributed by atoms with E-state index in [9.17, 15) is 0 Å². The molecule has 1 aromatic rings. The van der Waals surface area contributed by atoms with Crippen molar-refractivity contribution in [1.82, 2.24) is 26.0 Å². The maximum absolute atomic E-state index is 3.56. The van der Waals surface area contributed by atoms with Crippen molar-refractivity contribution >= 4 is 0 Å². The second-order valence-corrected chi connectivity index (χ2v) is 5.78. The van der Waals surface area contributed by atoms with E-state index in [0.29, 0.717) is 6.17 Å². The number of nitrogens with zero attached hydrogens (tertiary/aromatic N) is 2. The number of rotatable bonds is 9. The van der Waals surface area contributed by atoms with E-state index in [4.69, 9.17) is 0 Å². The van der Waals surface area contributed by atoms with E-state index in [1.165, 1.54) is 5.56 Å². The van der Waals surface area contributed by atoms with Crippen molar-refractivity contribution in [3.8, 4) is 0 Å². The minimum Gasteiger partial charge on any atom is -0.301 e. The molecule has 0 spiro atoms. The third-order valence-corrected chi connectivity index (χ3v) is 4.04. The van der Waals surface area contributed by atoms with Gasteiger partial charge in [-0.25, -0.2) is 5.01 Å². The van der Waals surface area contributed by atoms with Gasteiger partial charge in [0, 0.05) is 39.3 Å². The standard InChI is InChI=1S/C17H31N5/c1-3-18-17(19-4-2)14-20-22-12-10-21(11-13-22)15-16-8-6-5-7-9-16/h5-9,17-20H,3-4,10-15H2,1-2H3.